The van der Waals surface area contributed by atoms with Gasteiger partial charge in [-0.05, 0) is 62.9 Å². The van der Waals surface area contributed by atoms with E-state index >= 15 is 0 Å². The Morgan fingerprint density at radius 1 is 0.967 bits per heavy atom. The Labute approximate surface area is 178 Å². The maximum atomic E-state index is 13.3. The van der Waals surface area contributed by atoms with Crippen molar-refractivity contribution in [2.45, 2.75) is 51.8 Å². The van der Waals surface area contributed by atoms with Crippen LogP contribution in [0.2, 0.25) is 0 Å². The van der Waals surface area contributed by atoms with Crippen LogP contribution in [0.15, 0.2) is 54.6 Å². The van der Waals surface area contributed by atoms with Crippen molar-refractivity contribution in [3.63, 3.8) is 0 Å². The molecular formula is C25H30FN3O. The highest BCUT2D eigenvalue weighted by atomic mass is 19.1. The molecule has 0 spiro atoms. The van der Waals surface area contributed by atoms with Crippen molar-refractivity contribution in [2.75, 3.05) is 13.1 Å². The molecule has 4 rings (SSSR count). The average molecular weight is 408 g/mol. The number of nitrogens with zero attached hydrogens (tertiary/aromatic N) is 3. The molecule has 1 unspecified atom stereocenters. The number of aryl methyl sites for hydroxylation is 1. The van der Waals surface area contributed by atoms with Crippen LogP contribution in [0.3, 0.4) is 0 Å². The molecule has 1 N–H and O–H groups in total. The first kappa shape index (κ1) is 20.8. The van der Waals surface area contributed by atoms with Crippen LogP contribution >= 0.6 is 0 Å². The highest BCUT2D eigenvalue weighted by Crippen LogP contribution is 2.33. The lowest BCUT2D eigenvalue weighted by atomic mass is 9.87. The van der Waals surface area contributed by atoms with E-state index in [0.29, 0.717) is 12.8 Å². The van der Waals surface area contributed by atoms with Gasteiger partial charge in [-0.1, -0.05) is 42.5 Å². The van der Waals surface area contributed by atoms with Gasteiger partial charge in [0, 0.05) is 24.3 Å². The van der Waals surface area contributed by atoms with Crippen molar-refractivity contribution in [3.05, 3.63) is 88.5 Å². The van der Waals surface area contributed by atoms with Crippen molar-refractivity contribution >= 4 is 0 Å². The number of halogens is 1. The van der Waals surface area contributed by atoms with Gasteiger partial charge in [0.05, 0.1) is 17.8 Å². The summed E-state index contributed by atoms with van der Waals surface area (Å²) in [6.45, 7) is 7.58. The van der Waals surface area contributed by atoms with Crippen LogP contribution in [-0.2, 0) is 18.7 Å². The van der Waals surface area contributed by atoms with Crippen molar-refractivity contribution in [1.82, 2.24) is 14.7 Å². The molecule has 1 atom stereocenters. The minimum atomic E-state index is -0.885. The zero-order valence-corrected chi connectivity index (χ0v) is 17.8. The Balaban J connectivity index is 1.45. The lowest BCUT2D eigenvalue weighted by Crippen LogP contribution is -2.29. The zero-order chi connectivity index (χ0) is 21.1. The minimum Gasteiger partial charge on any atom is -0.385 e. The third-order valence-electron chi connectivity index (χ3n) is 6.38. The second-order valence-corrected chi connectivity index (χ2v) is 8.46. The van der Waals surface area contributed by atoms with E-state index in [1.54, 1.807) is 12.1 Å². The summed E-state index contributed by atoms with van der Waals surface area (Å²) >= 11 is 0. The first-order valence-corrected chi connectivity index (χ1v) is 10.7. The van der Waals surface area contributed by atoms with Gasteiger partial charge in [0.15, 0.2) is 0 Å². The molecule has 2 aromatic carbocycles. The molecule has 1 aliphatic heterocycles. The van der Waals surface area contributed by atoms with Crippen LogP contribution < -0.4 is 0 Å². The number of benzene rings is 2. The third-order valence-corrected chi connectivity index (χ3v) is 6.38. The van der Waals surface area contributed by atoms with Crippen molar-refractivity contribution in [1.29, 1.82) is 0 Å². The molecule has 2 heterocycles. The Bertz CT molecular complexity index is 984. The van der Waals surface area contributed by atoms with Crippen molar-refractivity contribution in [2.24, 2.45) is 0 Å². The van der Waals surface area contributed by atoms with E-state index in [-0.39, 0.29) is 5.82 Å². The zero-order valence-electron chi connectivity index (χ0n) is 17.8. The highest BCUT2D eigenvalue weighted by molar-refractivity contribution is 5.27. The van der Waals surface area contributed by atoms with Crippen LogP contribution in [-0.4, -0.2) is 32.9 Å². The Hall–Kier alpha value is -2.50. The van der Waals surface area contributed by atoms with Crippen LogP contribution in [0.1, 0.15) is 47.3 Å². The van der Waals surface area contributed by atoms with Crippen LogP contribution in [0, 0.1) is 19.7 Å². The molecule has 4 nitrogen and oxygen atoms in total. The maximum Gasteiger partial charge on any atom is 0.123 e. The van der Waals surface area contributed by atoms with Gasteiger partial charge in [-0.3, -0.25) is 9.58 Å². The molecule has 158 valence electrons. The molecule has 1 saturated heterocycles. The molecule has 1 aromatic heterocycles. The molecule has 0 saturated carbocycles. The molecule has 30 heavy (non-hydrogen) atoms. The van der Waals surface area contributed by atoms with Gasteiger partial charge in [-0.15, -0.1) is 0 Å². The molecule has 0 amide bonds. The molecular weight excluding hydrogens is 377 g/mol. The SMILES string of the molecule is Cc1nn(Cc2ccccc2)c(C)c1CN1CCCC(O)(c2ccc(F)cc2)CC1. The summed E-state index contributed by atoms with van der Waals surface area (Å²) in [5.41, 5.74) is 4.72. The minimum absolute atomic E-state index is 0.268. The standard InChI is InChI=1S/C25H30FN3O/c1-19-24(20(2)29(27-19)17-21-7-4-3-5-8-21)18-28-15-6-13-25(30,14-16-28)22-9-11-23(26)12-10-22/h3-5,7-12,30H,6,13-18H2,1-2H3. The van der Waals surface area contributed by atoms with Gasteiger partial charge in [-0.2, -0.15) is 5.10 Å². The third kappa shape index (κ3) is 4.47. The van der Waals surface area contributed by atoms with Crippen molar-refractivity contribution < 1.29 is 9.50 Å². The lowest BCUT2D eigenvalue weighted by Gasteiger charge is -2.27. The molecule has 0 bridgehead atoms. The lowest BCUT2D eigenvalue weighted by molar-refractivity contribution is 0.0209. The summed E-state index contributed by atoms with van der Waals surface area (Å²) in [5.74, 6) is -0.268. The fourth-order valence-electron chi connectivity index (χ4n) is 4.48. The highest BCUT2D eigenvalue weighted by Gasteiger charge is 2.32. The van der Waals surface area contributed by atoms with Gasteiger partial charge in [0.2, 0.25) is 0 Å². The molecule has 0 radical (unpaired) electrons. The summed E-state index contributed by atoms with van der Waals surface area (Å²) in [7, 11) is 0. The van der Waals surface area contributed by atoms with E-state index in [4.69, 9.17) is 5.10 Å². The van der Waals surface area contributed by atoms with E-state index in [1.807, 2.05) is 6.07 Å². The van der Waals surface area contributed by atoms with Gasteiger partial charge in [0.1, 0.15) is 5.82 Å². The fourth-order valence-corrected chi connectivity index (χ4v) is 4.48. The normalized spacial score (nSPS) is 20.3. The van der Waals surface area contributed by atoms with Gasteiger partial charge < -0.3 is 5.11 Å². The van der Waals surface area contributed by atoms with Crippen molar-refractivity contribution in [3.8, 4) is 0 Å². The van der Waals surface area contributed by atoms with Crippen LogP contribution in [0.4, 0.5) is 4.39 Å². The molecule has 1 fully saturated rings. The predicted octanol–water partition coefficient (Wildman–Crippen LogP) is 4.56. The van der Waals surface area contributed by atoms with E-state index in [2.05, 4.69) is 47.7 Å². The Morgan fingerprint density at radius 2 is 1.70 bits per heavy atom. The summed E-state index contributed by atoms with van der Waals surface area (Å²) in [5, 5.41) is 16.0. The predicted molar refractivity (Wildman–Crippen MR) is 117 cm³/mol. The molecule has 5 heteroatoms. The number of likely N-dealkylation sites (tertiary alicyclic amines) is 1. The maximum absolute atomic E-state index is 13.3. The van der Waals surface area contributed by atoms with Gasteiger partial charge >= 0.3 is 0 Å². The first-order chi connectivity index (χ1) is 14.4. The number of rotatable bonds is 5. The molecule has 0 aliphatic carbocycles. The van der Waals surface area contributed by atoms with Gasteiger partial charge in [-0.25, -0.2) is 4.39 Å². The van der Waals surface area contributed by atoms with Crippen LogP contribution in [0.25, 0.3) is 0 Å². The number of hydrogen-bond donors (Lipinski definition) is 1. The van der Waals surface area contributed by atoms with Gasteiger partial charge in [0.25, 0.3) is 0 Å². The summed E-state index contributed by atoms with van der Waals surface area (Å²) in [4.78, 5) is 2.41. The fraction of sp³-hybridized carbons (Fsp3) is 0.400. The second-order valence-electron chi connectivity index (χ2n) is 8.46. The first-order valence-electron chi connectivity index (χ1n) is 10.7. The Kier molecular flexibility index (Phi) is 6.02. The topological polar surface area (TPSA) is 41.3 Å². The second kappa shape index (κ2) is 8.70. The van der Waals surface area contributed by atoms with E-state index in [9.17, 15) is 9.50 Å². The largest absolute Gasteiger partial charge is 0.385 e. The van der Waals surface area contributed by atoms with Crippen LogP contribution in [0.5, 0.6) is 0 Å². The smallest absolute Gasteiger partial charge is 0.123 e. The molecule has 1 aliphatic rings. The number of aliphatic hydroxyl groups is 1. The summed E-state index contributed by atoms with van der Waals surface area (Å²) < 4.78 is 15.4. The number of aromatic nitrogens is 2. The summed E-state index contributed by atoms with van der Waals surface area (Å²) in [6, 6.07) is 16.7. The monoisotopic (exact) mass is 407 g/mol. The van der Waals surface area contributed by atoms with E-state index in [1.165, 1.54) is 29.0 Å². The average Bonchev–Trinajstić information content (AvgIpc) is 2.89. The Morgan fingerprint density at radius 3 is 2.43 bits per heavy atom. The van der Waals surface area contributed by atoms with E-state index < -0.39 is 5.60 Å². The summed E-state index contributed by atoms with van der Waals surface area (Å²) in [6.07, 6.45) is 2.25. The molecule has 3 aromatic rings. The quantitative estimate of drug-likeness (QED) is 0.674. The van der Waals surface area contributed by atoms with E-state index in [0.717, 1.165) is 43.9 Å². The number of hydrogen-bond acceptors (Lipinski definition) is 3.